The number of nitrogens with one attached hydrogen (secondary N) is 1. The molecular weight excluding hydrogens is 432 g/mol. The molecule has 0 radical (unpaired) electrons. The van der Waals surface area contributed by atoms with Crippen molar-refractivity contribution in [2.45, 2.75) is 38.6 Å². The van der Waals surface area contributed by atoms with Gasteiger partial charge in [-0.3, -0.25) is 9.36 Å². The van der Waals surface area contributed by atoms with Crippen LogP contribution in [0.3, 0.4) is 0 Å². The van der Waals surface area contributed by atoms with Gasteiger partial charge >= 0.3 is 0 Å². The summed E-state index contributed by atoms with van der Waals surface area (Å²) in [5.41, 5.74) is 2.69. The molecule has 2 aromatic carbocycles. The van der Waals surface area contributed by atoms with Crippen LogP contribution in [0.25, 0.3) is 0 Å². The molecule has 1 aromatic heterocycles. The second-order valence-corrected chi connectivity index (χ2v) is 8.44. The summed E-state index contributed by atoms with van der Waals surface area (Å²) >= 11 is 7.34. The van der Waals surface area contributed by atoms with Gasteiger partial charge in [0.2, 0.25) is 5.91 Å². The van der Waals surface area contributed by atoms with Crippen molar-refractivity contribution in [1.82, 2.24) is 14.8 Å². The van der Waals surface area contributed by atoms with E-state index in [1.165, 1.54) is 11.8 Å². The molecule has 1 N–H and O–H groups in total. The topological polar surface area (TPSA) is 69.0 Å². The molecule has 0 spiro atoms. The number of thioether (sulfide) groups is 1. The highest BCUT2D eigenvalue weighted by Gasteiger charge is 2.20. The van der Waals surface area contributed by atoms with Crippen LogP contribution in [0.4, 0.5) is 5.69 Å². The molecule has 0 bridgehead atoms. The number of aryl methyl sites for hydroxylation is 2. The second kappa shape index (κ2) is 10.5. The zero-order valence-corrected chi connectivity index (χ0v) is 19.3. The lowest BCUT2D eigenvalue weighted by Crippen LogP contribution is -2.16. The molecule has 31 heavy (non-hydrogen) atoms. The van der Waals surface area contributed by atoms with E-state index in [9.17, 15) is 4.79 Å². The van der Waals surface area contributed by atoms with Crippen molar-refractivity contribution in [3.05, 3.63) is 77.1 Å². The summed E-state index contributed by atoms with van der Waals surface area (Å²) in [5, 5.41) is 12.7. The number of benzene rings is 2. The van der Waals surface area contributed by atoms with Gasteiger partial charge in [-0.15, -0.1) is 16.8 Å². The van der Waals surface area contributed by atoms with Crippen LogP contribution in [-0.2, 0) is 11.3 Å². The van der Waals surface area contributed by atoms with E-state index in [1.54, 1.807) is 18.2 Å². The number of allylic oxidation sites excluding steroid dienone is 1. The fraction of sp³-hybridized carbons (Fsp3) is 0.261. The van der Waals surface area contributed by atoms with Crippen molar-refractivity contribution in [3.8, 4) is 5.75 Å². The average Bonchev–Trinajstić information content (AvgIpc) is 3.14. The number of hydrogen-bond donors (Lipinski definition) is 1. The van der Waals surface area contributed by atoms with Gasteiger partial charge in [0.1, 0.15) is 5.75 Å². The van der Waals surface area contributed by atoms with E-state index in [0.29, 0.717) is 28.2 Å². The molecule has 0 aliphatic heterocycles. The number of hydrogen-bond acceptors (Lipinski definition) is 5. The van der Waals surface area contributed by atoms with Crippen molar-refractivity contribution in [2.24, 2.45) is 0 Å². The van der Waals surface area contributed by atoms with Crippen LogP contribution in [-0.4, -0.2) is 26.4 Å². The standard InChI is InChI=1S/C23H25ClN4O2S/c1-5-12-28-22(17(4)30-20-9-7-6-8-16(20)3)26-27-23(28)31-14-21(29)25-19-13-18(24)11-10-15(19)2/h5-11,13,17H,1,12,14H2,2-4H3,(H,25,29). The Balaban J connectivity index is 1.69. The first-order valence-electron chi connectivity index (χ1n) is 9.84. The lowest BCUT2D eigenvalue weighted by Gasteiger charge is -2.17. The van der Waals surface area contributed by atoms with E-state index in [0.717, 1.165) is 16.9 Å². The Kier molecular flexibility index (Phi) is 7.76. The summed E-state index contributed by atoms with van der Waals surface area (Å²) in [5.74, 6) is 1.52. The predicted molar refractivity (Wildman–Crippen MR) is 126 cm³/mol. The number of halogens is 1. The average molecular weight is 457 g/mol. The van der Waals surface area contributed by atoms with Gasteiger partial charge < -0.3 is 10.1 Å². The Labute approximate surface area is 191 Å². The highest BCUT2D eigenvalue weighted by molar-refractivity contribution is 7.99. The Morgan fingerprint density at radius 3 is 2.77 bits per heavy atom. The maximum Gasteiger partial charge on any atom is 0.234 e. The minimum Gasteiger partial charge on any atom is -0.482 e. The molecule has 1 atom stereocenters. The number of anilines is 1. The van der Waals surface area contributed by atoms with Crippen molar-refractivity contribution in [1.29, 1.82) is 0 Å². The van der Waals surface area contributed by atoms with Crippen molar-refractivity contribution in [3.63, 3.8) is 0 Å². The van der Waals surface area contributed by atoms with Gasteiger partial charge in [-0.2, -0.15) is 0 Å². The van der Waals surface area contributed by atoms with Crippen molar-refractivity contribution < 1.29 is 9.53 Å². The number of para-hydroxylation sites is 1. The van der Waals surface area contributed by atoms with Gasteiger partial charge in [0.25, 0.3) is 0 Å². The summed E-state index contributed by atoms with van der Waals surface area (Å²) in [6.07, 6.45) is 1.46. The molecule has 162 valence electrons. The van der Waals surface area contributed by atoms with Crippen LogP contribution in [0.2, 0.25) is 5.02 Å². The summed E-state index contributed by atoms with van der Waals surface area (Å²) in [7, 11) is 0. The van der Waals surface area contributed by atoms with Crippen LogP contribution in [0.15, 0.2) is 60.3 Å². The summed E-state index contributed by atoms with van der Waals surface area (Å²) in [6.45, 7) is 10.2. The maximum atomic E-state index is 12.5. The van der Waals surface area contributed by atoms with E-state index < -0.39 is 0 Å². The zero-order chi connectivity index (χ0) is 22.4. The minimum absolute atomic E-state index is 0.144. The first-order chi connectivity index (χ1) is 14.9. The van der Waals surface area contributed by atoms with Crippen LogP contribution < -0.4 is 10.1 Å². The van der Waals surface area contributed by atoms with E-state index in [1.807, 2.05) is 55.7 Å². The lowest BCUT2D eigenvalue weighted by molar-refractivity contribution is -0.113. The fourth-order valence-corrected chi connectivity index (χ4v) is 3.91. The molecule has 6 nitrogen and oxygen atoms in total. The molecule has 1 heterocycles. The molecule has 0 saturated heterocycles. The van der Waals surface area contributed by atoms with Crippen LogP contribution in [0.5, 0.6) is 5.75 Å². The number of ether oxygens (including phenoxy) is 1. The van der Waals surface area contributed by atoms with Gasteiger partial charge in [-0.05, 0) is 50.1 Å². The Morgan fingerprint density at radius 2 is 2.03 bits per heavy atom. The van der Waals surface area contributed by atoms with Crippen molar-refractivity contribution >= 4 is 35.0 Å². The molecule has 0 fully saturated rings. The number of rotatable bonds is 9. The largest absolute Gasteiger partial charge is 0.482 e. The third-order valence-corrected chi connectivity index (χ3v) is 5.83. The molecule has 8 heteroatoms. The Morgan fingerprint density at radius 1 is 1.26 bits per heavy atom. The van der Waals surface area contributed by atoms with E-state index >= 15 is 0 Å². The summed E-state index contributed by atoms with van der Waals surface area (Å²) < 4.78 is 8.02. The first-order valence-corrected chi connectivity index (χ1v) is 11.2. The molecule has 3 rings (SSSR count). The fourth-order valence-electron chi connectivity index (χ4n) is 2.99. The van der Waals surface area contributed by atoms with E-state index in [4.69, 9.17) is 16.3 Å². The number of nitrogens with zero attached hydrogens (tertiary/aromatic N) is 3. The maximum absolute atomic E-state index is 12.5. The lowest BCUT2D eigenvalue weighted by atomic mass is 10.2. The van der Waals surface area contributed by atoms with Gasteiger partial charge in [-0.25, -0.2) is 0 Å². The van der Waals surface area contributed by atoms with E-state index in [-0.39, 0.29) is 17.8 Å². The van der Waals surface area contributed by atoms with Gasteiger partial charge in [0.15, 0.2) is 17.1 Å². The van der Waals surface area contributed by atoms with Crippen LogP contribution in [0.1, 0.15) is 30.0 Å². The molecular formula is C23H25ClN4O2S. The highest BCUT2D eigenvalue weighted by Crippen LogP contribution is 2.27. The van der Waals surface area contributed by atoms with Gasteiger partial charge in [-0.1, -0.05) is 53.7 Å². The molecule has 0 aliphatic carbocycles. The molecule has 0 saturated carbocycles. The van der Waals surface area contributed by atoms with Crippen molar-refractivity contribution in [2.75, 3.05) is 11.1 Å². The minimum atomic E-state index is -0.314. The third-order valence-electron chi connectivity index (χ3n) is 4.62. The monoisotopic (exact) mass is 456 g/mol. The highest BCUT2D eigenvalue weighted by atomic mass is 35.5. The van der Waals surface area contributed by atoms with Crippen LogP contribution >= 0.6 is 23.4 Å². The summed E-state index contributed by atoms with van der Waals surface area (Å²) in [4.78, 5) is 12.5. The SMILES string of the molecule is C=CCn1c(SCC(=O)Nc2cc(Cl)ccc2C)nnc1C(C)Oc1ccccc1C. The second-order valence-electron chi connectivity index (χ2n) is 7.06. The number of aromatic nitrogens is 3. The normalized spacial score (nSPS) is 11.7. The van der Waals surface area contributed by atoms with Gasteiger partial charge in [0, 0.05) is 17.3 Å². The number of carbonyl (C=O) groups is 1. The number of amides is 1. The van der Waals surface area contributed by atoms with Crippen LogP contribution in [0, 0.1) is 13.8 Å². The number of carbonyl (C=O) groups excluding carboxylic acids is 1. The Hall–Kier alpha value is -2.77. The molecule has 3 aromatic rings. The first kappa shape index (κ1) is 22.9. The Bertz CT molecular complexity index is 1080. The molecule has 1 amide bonds. The van der Waals surface area contributed by atoms with Gasteiger partial charge in [0.05, 0.1) is 5.75 Å². The summed E-state index contributed by atoms with van der Waals surface area (Å²) in [6, 6.07) is 13.2. The smallest absolute Gasteiger partial charge is 0.234 e. The van der Waals surface area contributed by atoms with E-state index in [2.05, 4.69) is 22.1 Å². The predicted octanol–water partition coefficient (Wildman–Crippen LogP) is 5.61. The third kappa shape index (κ3) is 5.89. The molecule has 0 aliphatic rings. The quantitative estimate of drug-likeness (QED) is 0.335. The zero-order valence-electron chi connectivity index (χ0n) is 17.8. The molecule has 1 unspecified atom stereocenters.